The molecule has 0 spiro atoms. The highest BCUT2D eigenvalue weighted by atomic mass is 15.1. The van der Waals surface area contributed by atoms with Gasteiger partial charge in [-0.05, 0) is 37.2 Å². The van der Waals surface area contributed by atoms with Crippen LogP contribution in [0.1, 0.15) is 39.0 Å². The normalized spacial score (nSPS) is 21.5. The Labute approximate surface area is 132 Å². The van der Waals surface area contributed by atoms with Gasteiger partial charge in [0.05, 0.1) is 0 Å². The molecule has 1 heterocycles. The lowest BCUT2D eigenvalue weighted by molar-refractivity contribution is 0.330. The van der Waals surface area contributed by atoms with Crippen LogP contribution < -0.4 is 11.1 Å². The van der Waals surface area contributed by atoms with Gasteiger partial charge in [-0.3, -0.25) is 0 Å². The Hall–Kier alpha value is -2.10. The second kappa shape index (κ2) is 6.77. The summed E-state index contributed by atoms with van der Waals surface area (Å²) in [6.07, 6.45) is 8.12. The minimum absolute atomic E-state index is 0.324. The Morgan fingerprint density at radius 1 is 1.14 bits per heavy atom. The standard InChI is InChI=1S/C18H24N4/c1-2-13-8-10-15(11-9-13)21-17-16(12-20-18(19)22-17)14-6-4-3-5-7-14/h3-7,12-13,15H,2,8-11H2,1H3,(H3,19,20,21,22). The quantitative estimate of drug-likeness (QED) is 0.891. The van der Waals surface area contributed by atoms with Gasteiger partial charge < -0.3 is 11.1 Å². The average molecular weight is 296 g/mol. The summed E-state index contributed by atoms with van der Waals surface area (Å²) in [5.41, 5.74) is 7.93. The molecule has 0 bridgehead atoms. The molecular weight excluding hydrogens is 272 g/mol. The van der Waals surface area contributed by atoms with E-state index in [1.807, 2.05) is 24.4 Å². The lowest BCUT2D eigenvalue weighted by Gasteiger charge is -2.29. The van der Waals surface area contributed by atoms with E-state index in [2.05, 4.69) is 34.3 Å². The van der Waals surface area contributed by atoms with Crippen molar-refractivity contribution in [2.45, 2.75) is 45.1 Å². The Bertz CT molecular complexity index is 604. The predicted molar refractivity (Wildman–Crippen MR) is 91.5 cm³/mol. The fraction of sp³-hybridized carbons (Fsp3) is 0.444. The number of nitrogens with zero attached hydrogens (tertiary/aromatic N) is 2. The third-order valence-corrected chi connectivity index (χ3v) is 4.66. The SMILES string of the molecule is CCC1CCC(Nc2nc(N)ncc2-c2ccccc2)CC1. The van der Waals surface area contributed by atoms with Crippen molar-refractivity contribution in [2.24, 2.45) is 5.92 Å². The molecule has 1 aromatic heterocycles. The molecule has 0 amide bonds. The van der Waals surface area contributed by atoms with Crippen molar-refractivity contribution < 1.29 is 0 Å². The smallest absolute Gasteiger partial charge is 0.221 e. The van der Waals surface area contributed by atoms with E-state index in [1.54, 1.807) is 0 Å². The molecule has 1 fully saturated rings. The van der Waals surface area contributed by atoms with Gasteiger partial charge >= 0.3 is 0 Å². The monoisotopic (exact) mass is 296 g/mol. The lowest BCUT2D eigenvalue weighted by atomic mass is 9.84. The molecule has 4 nitrogen and oxygen atoms in total. The summed E-state index contributed by atoms with van der Waals surface area (Å²) in [6.45, 7) is 2.29. The zero-order valence-electron chi connectivity index (χ0n) is 13.1. The molecule has 1 aliphatic rings. The highest BCUT2D eigenvalue weighted by Gasteiger charge is 2.21. The van der Waals surface area contributed by atoms with Crippen molar-refractivity contribution in [3.8, 4) is 11.1 Å². The second-order valence-electron chi connectivity index (χ2n) is 6.13. The van der Waals surface area contributed by atoms with Crippen LogP contribution in [-0.2, 0) is 0 Å². The van der Waals surface area contributed by atoms with Gasteiger partial charge in [0, 0.05) is 17.8 Å². The minimum Gasteiger partial charge on any atom is -0.368 e. The Morgan fingerprint density at radius 3 is 2.55 bits per heavy atom. The molecule has 0 atom stereocenters. The minimum atomic E-state index is 0.324. The number of hydrogen-bond acceptors (Lipinski definition) is 4. The van der Waals surface area contributed by atoms with Crippen LogP contribution in [0, 0.1) is 5.92 Å². The van der Waals surface area contributed by atoms with E-state index in [0.29, 0.717) is 12.0 Å². The molecular formula is C18H24N4. The van der Waals surface area contributed by atoms with Gasteiger partial charge in [-0.25, -0.2) is 4.98 Å². The van der Waals surface area contributed by atoms with Gasteiger partial charge in [0.1, 0.15) is 5.82 Å². The van der Waals surface area contributed by atoms with Crippen LogP contribution in [0.3, 0.4) is 0 Å². The number of nitrogens with two attached hydrogens (primary N) is 1. The van der Waals surface area contributed by atoms with E-state index >= 15 is 0 Å². The Kier molecular flexibility index (Phi) is 4.56. The van der Waals surface area contributed by atoms with Crippen LogP contribution in [-0.4, -0.2) is 16.0 Å². The van der Waals surface area contributed by atoms with E-state index in [4.69, 9.17) is 5.73 Å². The molecule has 116 valence electrons. The third-order valence-electron chi connectivity index (χ3n) is 4.66. The molecule has 0 aliphatic heterocycles. The molecule has 0 radical (unpaired) electrons. The van der Waals surface area contributed by atoms with Gasteiger partial charge in [0.25, 0.3) is 0 Å². The van der Waals surface area contributed by atoms with Crippen molar-refractivity contribution in [3.63, 3.8) is 0 Å². The number of nitrogen functional groups attached to an aromatic ring is 1. The fourth-order valence-corrected chi connectivity index (χ4v) is 3.24. The fourth-order valence-electron chi connectivity index (χ4n) is 3.24. The van der Waals surface area contributed by atoms with E-state index in [1.165, 1.54) is 32.1 Å². The first-order valence-corrected chi connectivity index (χ1v) is 8.20. The van der Waals surface area contributed by atoms with Crippen LogP contribution >= 0.6 is 0 Å². The van der Waals surface area contributed by atoms with E-state index < -0.39 is 0 Å². The summed E-state index contributed by atoms with van der Waals surface area (Å²) in [5.74, 6) is 2.07. The van der Waals surface area contributed by atoms with Gasteiger partial charge in [-0.2, -0.15) is 4.98 Å². The zero-order chi connectivity index (χ0) is 15.4. The first-order chi connectivity index (χ1) is 10.8. The Balaban J connectivity index is 1.80. The number of aromatic nitrogens is 2. The number of benzene rings is 1. The topological polar surface area (TPSA) is 63.8 Å². The highest BCUT2D eigenvalue weighted by molar-refractivity contribution is 5.75. The number of anilines is 2. The summed E-state index contributed by atoms with van der Waals surface area (Å²) < 4.78 is 0. The highest BCUT2D eigenvalue weighted by Crippen LogP contribution is 2.31. The van der Waals surface area contributed by atoms with Crippen molar-refractivity contribution >= 4 is 11.8 Å². The zero-order valence-corrected chi connectivity index (χ0v) is 13.1. The first kappa shape index (κ1) is 14.8. The van der Waals surface area contributed by atoms with E-state index in [0.717, 1.165) is 22.9 Å². The van der Waals surface area contributed by atoms with Crippen LogP contribution in [0.25, 0.3) is 11.1 Å². The molecule has 2 aromatic rings. The van der Waals surface area contributed by atoms with Crippen molar-refractivity contribution in [1.29, 1.82) is 0 Å². The average Bonchev–Trinajstić information content (AvgIpc) is 2.56. The van der Waals surface area contributed by atoms with Gasteiger partial charge in [0.15, 0.2) is 0 Å². The maximum atomic E-state index is 5.79. The van der Waals surface area contributed by atoms with E-state index in [-0.39, 0.29) is 0 Å². The van der Waals surface area contributed by atoms with Crippen molar-refractivity contribution in [3.05, 3.63) is 36.5 Å². The molecule has 3 rings (SSSR count). The third kappa shape index (κ3) is 3.38. The molecule has 0 unspecified atom stereocenters. The summed E-state index contributed by atoms with van der Waals surface area (Å²) in [7, 11) is 0. The second-order valence-corrected chi connectivity index (χ2v) is 6.13. The first-order valence-electron chi connectivity index (χ1n) is 8.20. The molecule has 22 heavy (non-hydrogen) atoms. The van der Waals surface area contributed by atoms with Crippen LogP contribution in [0.4, 0.5) is 11.8 Å². The molecule has 1 aliphatic carbocycles. The summed E-state index contributed by atoms with van der Waals surface area (Å²) in [6, 6.07) is 10.7. The predicted octanol–water partition coefficient (Wildman–Crippen LogP) is 4.11. The van der Waals surface area contributed by atoms with Gasteiger partial charge in [-0.1, -0.05) is 43.7 Å². The summed E-state index contributed by atoms with van der Waals surface area (Å²) >= 11 is 0. The summed E-state index contributed by atoms with van der Waals surface area (Å²) in [5, 5.41) is 3.60. The van der Waals surface area contributed by atoms with Crippen LogP contribution in [0.2, 0.25) is 0 Å². The van der Waals surface area contributed by atoms with Crippen LogP contribution in [0.5, 0.6) is 0 Å². The van der Waals surface area contributed by atoms with Crippen LogP contribution in [0.15, 0.2) is 36.5 Å². The summed E-state index contributed by atoms with van der Waals surface area (Å²) in [4.78, 5) is 8.60. The maximum Gasteiger partial charge on any atom is 0.221 e. The van der Waals surface area contributed by atoms with Crippen molar-refractivity contribution in [2.75, 3.05) is 11.1 Å². The van der Waals surface area contributed by atoms with Crippen molar-refractivity contribution in [1.82, 2.24) is 9.97 Å². The molecule has 1 saturated carbocycles. The Morgan fingerprint density at radius 2 is 1.86 bits per heavy atom. The lowest BCUT2D eigenvalue weighted by Crippen LogP contribution is -2.26. The van der Waals surface area contributed by atoms with Gasteiger partial charge in [-0.15, -0.1) is 0 Å². The maximum absolute atomic E-state index is 5.79. The van der Waals surface area contributed by atoms with Gasteiger partial charge in [0.2, 0.25) is 5.95 Å². The largest absolute Gasteiger partial charge is 0.368 e. The number of nitrogens with one attached hydrogen (secondary N) is 1. The molecule has 3 N–H and O–H groups in total. The number of hydrogen-bond donors (Lipinski definition) is 2. The molecule has 1 aromatic carbocycles. The molecule has 4 heteroatoms. The van der Waals surface area contributed by atoms with E-state index in [9.17, 15) is 0 Å². The molecule has 0 saturated heterocycles. The number of rotatable bonds is 4.